The molecule has 2 aromatic heterocycles. The number of imidazole rings is 1. The van der Waals surface area contributed by atoms with E-state index in [0.29, 0.717) is 17.1 Å². The average Bonchev–Trinajstić information content (AvgIpc) is 3.25. The SMILES string of the molecule is NC(=O)CCN(NC(=O)[C@@H](CC(=O)c1cn2ccccc2n1)CC1CCCCC1)C(=O)C(F)Cl. The van der Waals surface area contributed by atoms with Crippen molar-refractivity contribution in [3.8, 4) is 0 Å². The van der Waals surface area contributed by atoms with Crippen LogP contribution in [0.4, 0.5) is 4.39 Å². The van der Waals surface area contributed by atoms with Crippen molar-refractivity contribution in [1.82, 2.24) is 19.8 Å². The molecule has 0 spiro atoms. The smallest absolute Gasteiger partial charge is 0.291 e. The third kappa shape index (κ3) is 6.99. The number of pyridine rings is 1. The Kier molecular flexibility index (Phi) is 8.98. The fourth-order valence-corrected chi connectivity index (χ4v) is 4.41. The molecular formula is C23H29ClFN5O4. The molecule has 2 aromatic rings. The number of amides is 3. The summed E-state index contributed by atoms with van der Waals surface area (Å²) in [6, 6.07) is 5.39. The first-order chi connectivity index (χ1) is 16.2. The van der Waals surface area contributed by atoms with Crippen molar-refractivity contribution in [1.29, 1.82) is 0 Å². The summed E-state index contributed by atoms with van der Waals surface area (Å²) in [4.78, 5) is 53.8. The lowest BCUT2D eigenvalue weighted by atomic mass is 9.81. The van der Waals surface area contributed by atoms with Crippen molar-refractivity contribution in [3.05, 3.63) is 36.3 Å². The van der Waals surface area contributed by atoms with Gasteiger partial charge in [0, 0.05) is 31.2 Å². The molecule has 3 N–H and O–H groups in total. The van der Waals surface area contributed by atoms with Gasteiger partial charge in [-0.25, -0.2) is 14.4 Å². The van der Waals surface area contributed by atoms with Gasteiger partial charge in [-0.15, -0.1) is 0 Å². The summed E-state index contributed by atoms with van der Waals surface area (Å²) in [6.07, 6.45) is 8.56. The summed E-state index contributed by atoms with van der Waals surface area (Å²) < 4.78 is 15.2. The van der Waals surface area contributed by atoms with Crippen molar-refractivity contribution in [2.45, 2.75) is 57.0 Å². The summed E-state index contributed by atoms with van der Waals surface area (Å²) >= 11 is 5.27. The Morgan fingerprint density at radius 1 is 1.24 bits per heavy atom. The molecule has 0 aliphatic heterocycles. The molecule has 34 heavy (non-hydrogen) atoms. The maximum absolute atomic E-state index is 13.5. The van der Waals surface area contributed by atoms with E-state index in [9.17, 15) is 23.6 Å². The van der Waals surface area contributed by atoms with Crippen molar-refractivity contribution < 1.29 is 23.6 Å². The number of rotatable bonds is 10. The van der Waals surface area contributed by atoms with E-state index in [1.54, 1.807) is 22.9 Å². The molecule has 3 rings (SSSR count). The zero-order valence-electron chi connectivity index (χ0n) is 18.8. The Morgan fingerprint density at radius 2 is 1.97 bits per heavy atom. The highest BCUT2D eigenvalue weighted by atomic mass is 35.5. The quantitative estimate of drug-likeness (QED) is 0.299. The van der Waals surface area contributed by atoms with Gasteiger partial charge in [-0.2, -0.15) is 0 Å². The summed E-state index contributed by atoms with van der Waals surface area (Å²) in [6.45, 7) is -0.330. The van der Waals surface area contributed by atoms with Crippen LogP contribution in [-0.4, -0.2) is 50.1 Å². The van der Waals surface area contributed by atoms with Crippen LogP contribution in [0.15, 0.2) is 30.6 Å². The van der Waals surface area contributed by atoms with Crippen molar-refractivity contribution >= 4 is 40.8 Å². The number of hydrazine groups is 1. The third-order valence-corrected chi connectivity index (χ3v) is 6.26. The maximum atomic E-state index is 13.5. The number of fused-ring (bicyclic) bond motifs is 1. The van der Waals surface area contributed by atoms with Gasteiger partial charge in [-0.3, -0.25) is 24.6 Å². The number of carbonyl (C=O) groups excluding carboxylic acids is 4. The van der Waals surface area contributed by atoms with Gasteiger partial charge >= 0.3 is 0 Å². The van der Waals surface area contributed by atoms with Gasteiger partial charge in [-0.1, -0.05) is 49.8 Å². The number of hydrogen-bond donors (Lipinski definition) is 2. The highest BCUT2D eigenvalue weighted by molar-refractivity contribution is 6.29. The number of carbonyl (C=O) groups is 4. The predicted molar refractivity (Wildman–Crippen MR) is 123 cm³/mol. The van der Waals surface area contributed by atoms with Crippen LogP contribution in [0.2, 0.25) is 0 Å². The fraction of sp³-hybridized carbons (Fsp3) is 0.522. The second-order valence-corrected chi connectivity index (χ2v) is 9.02. The van der Waals surface area contributed by atoms with Crippen LogP contribution in [0, 0.1) is 11.8 Å². The number of nitrogens with zero attached hydrogens (tertiary/aromatic N) is 3. The van der Waals surface area contributed by atoms with E-state index < -0.39 is 29.3 Å². The lowest BCUT2D eigenvalue weighted by Crippen LogP contribution is -2.51. The van der Waals surface area contributed by atoms with Crippen LogP contribution in [0.1, 0.15) is 61.9 Å². The summed E-state index contributed by atoms with van der Waals surface area (Å²) in [7, 11) is 0. The number of hydrogen-bond acceptors (Lipinski definition) is 5. The van der Waals surface area contributed by atoms with Gasteiger partial charge in [0.15, 0.2) is 5.78 Å². The second kappa shape index (κ2) is 11.9. The largest absolute Gasteiger partial charge is 0.370 e. The highest BCUT2D eigenvalue weighted by Gasteiger charge is 2.31. The molecule has 9 nitrogen and oxygen atoms in total. The van der Waals surface area contributed by atoms with Gasteiger partial charge in [0.25, 0.3) is 11.5 Å². The number of primary amides is 1. The molecule has 2 atom stereocenters. The number of halogens is 2. The van der Waals surface area contributed by atoms with Crippen LogP contribution < -0.4 is 11.2 Å². The van der Waals surface area contributed by atoms with Gasteiger partial charge in [-0.05, 0) is 24.5 Å². The minimum absolute atomic E-state index is 0.121. The summed E-state index contributed by atoms with van der Waals surface area (Å²) in [5.41, 5.74) is 5.93. The minimum atomic E-state index is -2.40. The van der Waals surface area contributed by atoms with Crippen LogP contribution in [0.25, 0.3) is 5.65 Å². The lowest BCUT2D eigenvalue weighted by molar-refractivity contribution is -0.145. The lowest BCUT2D eigenvalue weighted by Gasteiger charge is -2.28. The topological polar surface area (TPSA) is 127 Å². The van der Waals surface area contributed by atoms with Crippen LogP contribution in [-0.2, 0) is 14.4 Å². The molecule has 1 fully saturated rings. The van der Waals surface area contributed by atoms with Crippen LogP contribution in [0.5, 0.6) is 0 Å². The second-order valence-electron chi connectivity index (χ2n) is 8.64. The Hall–Kier alpha value is -3.01. The minimum Gasteiger partial charge on any atom is -0.370 e. The monoisotopic (exact) mass is 493 g/mol. The number of aromatic nitrogens is 2. The normalized spacial score (nSPS) is 16.1. The number of alkyl halides is 2. The van der Waals surface area contributed by atoms with E-state index >= 15 is 0 Å². The molecule has 0 saturated heterocycles. The standard InChI is InChI=1S/C23H29ClFN5O4/c24-21(25)23(34)30(11-9-19(26)32)28-22(33)16(12-15-6-2-1-3-7-15)13-18(31)17-14-29-10-5-4-8-20(29)27-17/h4-5,8,10,14-16,21H,1-3,6-7,9,11-13H2,(H2,26,32)(H,28,33)/t16-,21?/m1/s1. The van der Waals surface area contributed by atoms with E-state index in [4.69, 9.17) is 17.3 Å². The molecule has 2 heterocycles. The molecule has 0 aromatic carbocycles. The van der Waals surface area contributed by atoms with Crippen molar-refractivity contribution in [3.63, 3.8) is 0 Å². The van der Waals surface area contributed by atoms with E-state index in [1.807, 2.05) is 12.1 Å². The van der Waals surface area contributed by atoms with E-state index in [0.717, 1.165) is 32.1 Å². The van der Waals surface area contributed by atoms with Gasteiger partial charge in [0.05, 0.1) is 6.54 Å². The first-order valence-corrected chi connectivity index (χ1v) is 11.8. The molecule has 1 aliphatic carbocycles. The summed E-state index contributed by atoms with van der Waals surface area (Å²) in [5, 5.41) is 0.661. The van der Waals surface area contributed by atoms with E-state index in [2.05, 4.69) is 10.4 Å². The Labute approximate surface area is 201 Å². The predicted octanol–water partition coefficient (Wildman–Crippen LogP) is 2.76. The molecule has 1 aliphatic rings. The number of nitrogens with two attached hydrogens (primary N) is 1. The van der Waals surface area contributed by atoms with E-state index in [1.165, 1.54) is 0 Å². The molecule has 11 heteroatoms. The van der Waals surface area contributed by atoms with Crippen molar-refractivity contribution in [2.75, 3.05) is 6.54 Å². The molecule has 1 unspecified atom stereocenters. The zero-order chi connectivity index (χ0) is 24.7. The first kappa shape index (κ1) is 25.6. The fourth-order valence-electron chi connectivity index (χ4n) is 4.29. The van der Waals surface area contributed by atoms with Gasteiger partial charge in [0.2, 0.25) is 11.8 Å². The molecule has 3 amide bonds. The van der Waals surface area contributed by atoms with Crippen molar-refractivity contribution in [2.24, 2.45) is 17.6 Å². The first-order valence-electron chi connectivity index (χ1n) is 11.4. The molecule has 1 saturated carbocycles. The Morgan fingerprint density at radius 3 is 2.62 bits per heavy atom. The average molecular weight is 494 g/mol. The zero-order valence-corrected chi connectivity index (χ0v) is 19.5. The number of nitrogens with one attached hydrogen (secondary N) is 1. The summed E-state index contributed by atoms with van der Waals surface area (Å²) in [5.74, 6) is -3.36. The third-order valence-electron chi connectivity index (χ3n) is 6.07. The molecule has 0 bridgehead atoms. The van der Waals surface area contributed by atoms with Gasteiger partial charge < -0.3 is 10.1 Å². The Bertz CT molecular complexity index is 1000. The van der Waals surface area contributed by atoms with E-state index in [-0.39, 0.29) is 36.8 Å². The maximum Gasteiger partial charge on any atom is 0.291 e. The van der Waals surface area contributed by atoms with Crippen LogP contribution >= 0.6 is 11.6 Å². The van der Waals surface area contributed by atoms with Gasteiger partial charge in [0.1, 0.15) is 11.3 Å². The number of ketones is 1. The Balaban J connectivity index is 1.76. The van der Waals surface area contributed by atoms with Crippen LogP contribution in [0.3, 0.4) is 0 Å². The molecular weight excluding hydrogens is 465 g/mol. The molecule has 0 radical (unpaired) electrons. The molecule has 184 valence electrons. The highest BCUT2D eigenvalue weighted by Crippen LogP contribution is 2.31. The number of Topliss-reactive ketones (excluding diaryl/α,β-unsaturated/α-hetero) is 1.